The van der Waals surface area contributed by atoms with Crippen LogP contribution in [0.3, 0.4) is 0 Å². The molecule has 1 saturated heterocycles. The number of ether oxygens (including phenoxy) is 2. The Morgan fingerprint density at radius 2 is 1.84 bits per heavy atom. The summed E-state index contributed by atoms with van der Waals surface area (Å²) in [6, 6.07) is 17.3. The third-order valence-electron chi connectivity index (χ3n) is 4.12. The highest BCUT2D eigenvalue weighted by Gasteiger charge is 2.28. The number of hydrogen-bond acceptors (Lipinski definition) is 4. The molecule has 130 valence electrons. The molecule has 0 saturated carbocycles. The summed E-state index contributed by atoms with van der Waals surface area (Å²) in [5.74, 6) is -0.841. The van der Waals surface area contributed by atoms with Gasteiger partial charge in [-0.1, -0.05) is 48.5 Å². The van der Waals surface area contributed by atoms with Crippen molar-refractivity contribution in [1.82, 2.24) is 0 Å². The zero-order valence-corrected chi connectivity index (χ0v) is 14.1. The van der Waals surface area contributed by atoms with Crippen molar-refractivity contribution in [3.8, 4) is 11.1 Å². The maximum Gasteiger partial charge on any atom is 0.336 e. The minimum atomic E-state index is -0.888. The van der Waals surface area contributed by atoms with Crippen molar-refractivity contribution in [3.63, 3.8) is 0 Å². The molecule has 0 aliphatic carbocycles. The molecule has 1 aliphatic rings. The first-order valence-corrected chi connectivity index (χ1v) is 8.42. The number of benzene rings is 2. The Balaban J connectivity index is 1.67. The van der Waals surface area contributed by atoms with Gasteiger partial charge in [-0.3, -0.25) is 4.79 Å². The van der Waals surface area contributed by atoms with Crippen LogP contribution < -0.4 is 5.32 Å². The molecule has 0 radical (unpaired) electrons. The molecule has 1 heterocycles. The Morgan fingerprint density at radius 3 is 2.56 bits per heavy atom. The highest BCUT2D eigenvalue weighted by atomic mass is 16.6. The topological polar surface area (TPSA) is 64.6 Å². The number of hydrogen-bond donors (Lipinski definition) is 1. The fraction of sp³-hybridized carbons (Fsp3) is 0.300. The van der Waals surface area contributed by atoms with Crippen molar-refractivity contribution in [1.29, 1.82) is 0 Å². The van der Waals surface area contributed by atoms with E-state index in [1.165, 1.54) is 0 Å². The minimum Gasteiger partial charge on any atom is -0.451 e. The van der Waals surface area contributed by atoms with Crippen LogP contribution in [0.2, 0.25) is 0 Å². The van der Waals surface area contributed by atoms with E-state index >= 15 is 0 Å². The van der Waals surface area contributed by atoms with Crippen molar-refractivity contribution in [2.75, 3.05) is 11.9 Å². The first-order chi connectivity index (χ1) is 12.1. The second-order valence-corrected chi connectivity index (χ2v) is 5.98. The van der Waals surface area contributed by atoms with Gasteiger partial charge in [-0.25, -0.2) is 4.79 Å². The SMILES string of the molecule is C[C@H](OC(=O)[C@H]1CCCO1)C(=O)Nc1ccccc1-c1ccccc1. The second kappa shape index (κ2) is 7.94. The molecule has 0 spiro atoms. The number of carbonyl (C=O) groups excluding carboxylic acids is 2. The molecule has 0 bridgehead atoms. The fourth-order valence-electron chi connectivity index (χ4n) is 2.76. The van der Waals surface area contributed by atoms with Crippen LogP contribution >= 0.6 is 0 Å². The number of amides is 1. The normalized spacial score (nSPS) is 17.7. The van der Waals surface area contributed by atoms with E-state index in [9.17, 15) is 9.59 Å². The predicted molar refractivity (Wildman–Crippen MR) is 95.0 cm³/mol. The third-order valence-corrected chi connectivity index (χ3v) is 4.12. The third kappa shape index (κ3) is 4.25. The van der Waals surface area contributed by atoms with Crippen molar-refractivity contribution in [2.24, 2.45) is 0 Å². The second-order valence-electron chi connectivity index (χ2n) is 5.98. The van der Waals surface area contributed by atoms with E-state index in [2.05, 4.69) is 5.32 Å². The van der Waals surface area contributed by atoms with Crippen molar-refractivity contribution >= 4 is 17.6 Å². The summed E-state index contributed by atoms with van der Waals surface area (Å²) in [5, 5.41) is 2.85. The average Bonchev–Trinajstić information content (AvgIpc) is 3.17. The van der Waals surface area contributed by atoms with Gasteiger partial charge in [-0.2, -0.15) is 0 Å². The van der Waals surface area contributed by atoms with Gasteiger partial charge in [0, 0.05) is 17.9 Å². The van der Waals surface area contributed by atoms with Crippen LogP contribution in [-0.2, 0) is 19.1 Å². The van der Waals surface area contributed by atoms with Gasteiger partial charge in [0.1, 0.15) is 0 Å². The van der Waals surface area contributed by atoms with Gasteiger partial charge in [0.2, 0.25) is 0 Å². The van der Waals surface area contributed by atoms with Crippen molar-refractivity contribution < 1.29 is 19.1 Å². The van der Waals surface area contributed by atoms with Crippen molar-refractivity contribution in [3.05, 3.63) is 54.6 Å². The van der Waals surface area contributed by atoms with Gasteiger partial charge in [-0.15, -0.1) is 0 Å². The number of esters is 1. The van der Waals surface area contributed by atoms with E-state index in [0.717, 1.165) is 17.5 Å². The number of rotatable bonds is 5. The number of anilines is 1. The molecule has 3 rings (SSSR count). The summed E-state index contributed by atoms with van der Waals surface area (Å²) in [4.78, 5) is 24.4. The molecule has 1 amide bonds. The van der Waals surface area contributed by atoms with Crippen LogP contribution in [0, 0.1) is 0 Å². The molecule has 1 fully saturated rings. The summed E-state index contributed by atoms with van der Waals surface area (Å²) in [5.41, 5.74) is 2.59. The zero-order chi connectivity index (χ0) is 17.6. The molecule has 1 N–H and O–H groups in total. The Kier molecular flexibility index (Phi) is 5.46. The van der Waals surface area contributed by atoms with Gasteiger partial charge in [-0.05, 0) is 31.4 Å². The van der Waals surface area contributed by atoms with Crippen LogP contribution in [-0.4, -0.2) is 30.7 Å². The van der Waals surface area contributed by atoms with Crippen LogP contribution in [0.1, 0.15) is 19.8 Å². The maximum atomic E-state index is 12.4. The maximum absolute atomic E-state index is 12.4. The zero-order valence-electron chi connectivity index (χ0n) is 14.1. The summed E-state index contributed by atoms with van der Waals surface area (Å²) in [7, 11) is 0. The van der Waals surface area contributed by atoms with Gasteiger partial charge >= 0.3 is 5.97 Å². The summed E-state index contributed by atoms with van der Waals surface area (Å²) < 4.78 is 10.5. The highest BCUT2D eigenvalue weighted by molar-refractivity contribution is 5.98. The van der Waals surface area contributed by atoms with Gasteiger partial charge in [0.25, 0.3) is 5.91 Å². The summed E-state index contributed by atoms with van der Waals surface area (Å²) >= 11 is 0. The molecule has 2 aromatic rings. The minimum absolute atomic E-state index is 0.366. The van der Waals surface area contributed by atoms with Gasteiger partial charge in [0.05, 0.1) is 0 Å². The quantitative estimate of drug-likeness (QED) is 0.848. The Hall–Kier alpha value is -2.66. The van der Waals surface area contributed by atoms with Crippen LogP contribution in [0.4, 0.5) is 5.69 Å². The first kappa shape index (κ1) is 17.2. The van der Waals surface area contributed by atoms with E-state index in [-0.39, 0.29) is 5.91 Å². The average molecular weight is 339 g/mol. The molecule has 25 heavy (non-hydrogen) atoms. The van der Waals surface area contributed by atoms with Gasteiger partial charge in [0.15, 0.2) is 12.2 Å². The Bertz CT molecular complexity index is 738. The fourth-order valence-corrected chi connectivity index (χ4v) is 2.76. The lowest BCUT2D eigenvalue weighted by molar-refractivity contribution is -0.162. The lowest BCUT2D eigenvalue weighted by Crippen LogP contribution is -2.34. The largest absolute Gasteiger partial charge is 0.451 e. The first-order valence-electron chi connectivity index (χ1n) is 8.42. The van der Waals surface area contributed by atoms with Crippen LogP contribution in [0.15, 0.2) is 54.6 Å². The molecule has 0 aromatic heterocycles. The molecule has 5 nitrogen and oxygen atoms in total. The standard InChI is InChI=1S/C20H21NO4/c1-14(25-20(23)18-12-7-13-24-18)19(22)21-17-11-6-5-10-16(17)15-8-3-2-4-9-15/h2-6,8-11,14,18H,7,12-13H2,1H3,(H,21,22)/t14-,18+/m0/s1. The number of para-hydroxylation sites is 1. The van der Waals surface area contributed by atoms with E-state index in [4.69, 9.17) is 9.47 Å². The van der Waals surface area contributed by atoms with E-state index in [1.54, 1.807) is 6.92 Å². The molecule has 2 aromatic carbocycles. The summed E-state index contributed by atoms with van der Waals surface area (Å²) in [6.07, 6.45) is 0.0434. The van der Waals surface area contributed by atoms with E-state index in [1.807, 2.05) is 54.6 Å². The van der Waals surface area contributed by atoms with Crippen LogP contribution in [0.25, 0.3) is 11.1 Å². The lowest BCUT2D eigenvalue weighted by atomic mass is 10.0. The van der Waals surface area contributed by atoms with E-state index in [0.29, 0.717) is 18.7 Å². The number of nitrogens with one attached hydrogen (secondary N) is 1. The molecular weight excluding hydrogens is 318 g/mol. The molecule has 0 unspecified atom stereocenters. The molecule has 1 aliphatic heterocycles. The lowest BCUT2D eigenvalue weighted by Gasteiger charge is -2.17. The molecule has 5 heteroatoms. The smallest absolute Gasteiger partial charge is 0.336 e. The Labute approximate surface area is 147 Å². The molecular formula is C20H21NO4. The monoisotopic (exact) mass is 339 g/mol. The predicted octanol–water partition coefficient (Wildman–Crippen LogP) is 3.40. The van der Waals surface area contributed by atoms with Crippen LogP contribution in [0.5, 0.6) is 0 Å². The summed E-state index contributed by atoms with van der Waals surface area (Å²) in [6.45, 7) is 2.12. The van der Waals surface area contributed by atoms with Gasteiger partial charge < -0.3 is 14.8 Å². The molecule has 2 atom stereocenters. The highest BCUT2D eigenvalue weighted by Crippen LogP contribution is 2.27. The number of carbonyl (C=O) groups is 2. The Morgan fingerprint density at radius 1 is 1.12 bits per heavy atom. The van der Waals surface area contributed by atoms with E-state index < -0.39 is 18.2 Å². The van der Waals surface area contributed by atoms with Crippen molar-refractivity contribution in [2.45, 2.75) is 32.0 Å².